The van der Waals surface area contributed by atoms with Gasteiger partial charge in [0.15, 0.2) is 0 Å². The van der Waals surface area contributed by atoms with Gasteiger partial charge in [-0.15, -0.1) is 0 Å². The monoisotopic (exact) mass is 462 g/mol. The summed E-state index contributed by atoms with van der Waals surface area (Å²) in [5.74, 6) is 0.957. The maximum absolute atomic E-state index is 5.24. The topological polar surface area (TPSA) is 17.8 Å². The second kappa shape index (κ2) is 7.07. The van der Waals surface area contributed by atoms with E-state index >= 15 is 0 Å². The van der Waals surface area contributed by atoms with E-state index in [-0.39, 0.29) is 0 Å². The van der Waals surface area contributed by atoms with E-state index in [1.54, 1.807) is 0 Å². The van der Waals surface area contributed by atoms with Gasteiger partial charge in [-0.25, -0.2) is 4.98 Å². The molecule has 0 fully saturated rings. The van der Waals surface area contributed by atoms with Gasteiger partial charge in [-0.3, -0.25) is 4.57 Å². The van der Waals surface area contributed by atoms with Gasteiger partial charge in [0.1, 0.15) is 5.82 Å². The highest BCUT2D eigenvalue weighted by Crippen LogP contribution is 2.39. The van der Waals surface area contributed by atoms with Crippen LogP contribution in [0.5, 0.6) is 0 Å². The number of fused-ring (bicyclic) bond motifs is 6. The Balaban J connectivity index is 1.85. The van der Waals surface area contributed by atoms with Gasteiger partial charge >= 0.3 is 0 Å². The number of hydrogen-bond donors (Lipinski definition) is 0. The van der Waals surface area contributed by atoms with Gasteiger partial charge in [-0.05, 0) is 42.0 Å². The molecule has 6 aromatic rings. The van der Waals surface area contributed by atoms with Crippen molar-refractivity contribution in [3.63, 3.8) is 0 Å². The number of imidazole rings is 1. The molecule has 0 saturated carbocycles. The van der Waals surface area contributed by atoms with Crippen LogP contribution < -0.4 is 0 Å². The normalized spacial score (nSPS) is 11.5. The lowest BCUT2D eigenvalue weighted by Crippen LogP contribution is -1.98. The Morgan fingerprint density at radius 3 is 1.90 bits per heavy atom. The van der Waals surface area contributed by atoms with Crippen molar-refractivity contribution in [2.45, 2.75) is 6.92 Å². The molecule has 0 aliphatic rings. The predicted molar refractivity (Wildman–Crippen MR) is 134 cm³/mol. The van der Waals surface area contributed by atoms with E-state index in [0.717, 1.165) is 32.6 Å². The van der Waals surface area contributed by atoms with Gasteiger partial charge in [-0.1, -0.05) is 94.3 Å². The minimum absolute atomic E-state index is 0.957. The first kappa shape index (κ1) is 18.3. The Labute approximate surface area is 188 Å². The van der Waals surface area contributed by atoms with Crippen LogP contribution >= 0.6 is 15.9 Å². The standard InChI is InChI=1S/C28H19BrN2/c1-18-10-12-19(13-11-18)28-30-26-24-8-4-2-6-22(24)23-7-3-5-9-25(23)27(26)31(28)21-16-14-20(29)15-17-21/h2-17H,1H3. The third-order valence-corrected chi connectivity index (χ3v) is 6.46. The Hall–Kier alpha value is -3.43. The van der Waals surface area contributed by atoms with Crippen LogP contribution in [0.3, 0.4) is 0 Å². The largest absolute Gasteiger partial charge is 0.292 e. The summed E-state index contributed by atoms with van der Waals surface area (Å²) in [7, 11) is 0. The fourth-order valence-electron chi connectivity index (χ4n) is 4.44. The Morgan fingerprint density at radius 2 is 1.23 bits per heavy atom. The maximum atomic E-state index is 5.24. The summed E-state index contributed by atoms with van der Waals surface area (Å²) < 4.78 is 3.37. The molecule has 0 unspecified atom stereocenters. The van der Waals surface area contributed by atoms with Crippen LogP contribution in [0, 0.1) is 6.92 Å². The van der Waals surface area contributed by atoms with Crippen LogP contribution in [0.25, 0.3) is 49.7 Å². The van der Waals surface area contributed by atoms with Gasteiger partial charge in [0.05, 0.1) is 11.0 Å². The van der Waals surface area contributed by atoms with E-state index in [2.05, 4.69) is 124 Å². The van der Waals surface area contributed by atoms with Gasteiger partial charge in [0.25, 0.3) is 0 Å². The number of rotatable bonds is 2. The number of aryl methyl sites for hydroxylation is 1. The smallest absolute Gasteiger partial charge is 0.145 e. The van der Waals surface area contributed by atoms with E-state index in [0.29, 0.717) is 0 Å². The van der Waals surface area contributed by atoms with Crippen molar-refractivity contribution in [2.24, 2.45) is 0 Å². The zero-order chi connectivity index (χ0) is 20.9. The molecule has 0 saturated heterocycles. The first-order chi connectivity index (χ1) is 15.2. The van der Waals surface area contributed by atoms with Crippen molar-refractivity contribution in [1.82, 2.24) is 9.55 Å². The van der Waals surface area contributed by atoms with Crippen molar-refractivity contribution in [2.75, 3.05) is 0 Å². The average molecular weight is 463 g/mol. The lowest BCUT2D eigenvalue weighted by Gasteiger charge is -2.12. The number of hydrogen-bond acceptors (Lipinski definition) is 1. The van der Waals surface area contributed by atoms with Crippen LogP contribution in [0.2, 0.25) is 0 Å². The molecule has 148 valence electrons. The SMILES string of the molecule is Cc1ccc(-c2nc3c4ccccc4c4ccccc4c3n2-c2ccc(Br)cc2)cc1. The highest BCUT2D eigenvalue weighted by molar-refractivity contribution is 9.10. The maximum Gasteiger partial charge on any atom is 0.145 e. The molecule has 1 heterocycles. The number of halogens is 1. The minimum atomic E-state index is 0.957. The van der Waals surface area contributed by atoms with E-state index in [9.17, 15) is 0 Å². The van der Waals surface area contributed by atoms with E-state index in [1.165, 1.54) is 27.1 Å². The van der Waals surface area contributed by atoms with E-state index in [1.807, 2.05) is 0 Å². The van der Waals surface area contributed by atoms with Gasteiger partial charge < -0.3 is 0 Å². The molecular weight excluding hydrogens is 444 g/mol. The predicted octanol–water partition coefficient (Wildman–Crippen LogP) is 8.07. The average Bonchev–Trinajstić information content (AvgIpc) is 3.21. The molecule has 6 rings (SSSR count). The fraction of sp³-hybridized carbons (Fsp3) is 0.0357. The Morgan fingerprint density at radius 1 is 0.645 bits per heavy atom. The minimum Gasteiger partial charge on any atom is -0.292 e. The lowest BCUT2D eigenvalue weighted by atomic mass is 10.00. The first-order valence-corrected chi connectivity index (χ1v) is 11.1. The summed E-state index contributed by atoms with van der Waals surface area (Å²) in [4.78, 5) is 5.24. The Kier molecular flexibility index (Phi) is 4.18. The lowest BCUT2D eigenvalue weighted by molar-refractivity contribution is 1.10. The van der Waals surface area contributed by atoms with E-state index in [4.69, 9.17) is 4.98 Å². The van der Waals surface area contributed by atoms with Crippen molar-refractivity contribution >= 4 is 48.5 Å². The molecule has 0 spiro atoms. The summed E-state index contributed by atoms with van der Waals surface area (Å²) in [6.45, 7) is 2.11. The summed E-state index contributed by atoms with van der Waals surface area (Å²) in [5.41, 5.74) is 5.63. The van der Waals surface area contributed by atoms with Gasteiger partial charge in [-0.2, -0.15) is 0 Å². The number of nitrogens with zero attached hydrogens (tertiary/aromatic N) is 2. The summed E-state index contributed by atoms with van der Waals surface area (Å²) in [6, 6.07) is 34.3. The Bertz CT molecular complexity index is 1580. The fourth-order valence-corrected chi connectivity index (χ4v) is 4.71. The van der Waals surface area contributed by atoms with Crippen LogP contribution in [-0.4, -0.2) is 9.55 Å². The third kappa shape index (κ3) is 2.88. The molecule has 1 aromatic heterocycles. The first-order valence-electron chi connectivity index (χ1n) is 10.4. The van der Waals surface area contributed by atoms with Crippen molar-refractivity contribution < 1.29 is 0 Å². The van der Waals surface area contributed by atoms with Crippen LogP contribution in [0.1, 0.15) is 5.56 Å². The summed E-state index contributed by atoms with van der Waals surface area (Å²) in [5, 5.41) is 4.88. The second-order valence-corrected chi connectivity index (χ2v) is 8.82. The molecule has 2 nitrogen and oxygen atoms in total. The van der Waals surface area contributed by atoms with Crippen molar-refractivity contribution in [3.8, 4) is 17.1 Å². The number of aromatic nitrogens is 2. The summed E-state index contributed by atoms with van der Waals surface area (Å²) in [6.07, 6.45) is 0. The molecule has 0 N–H and O–H groups in total. The molecule has 31 heavy (non-hydrogen) atoms. The van der Waals surface area contributed by atoms with Crippen molar-refractivity contribution in [3.05, 3.63) is 107 Å². The number of benzene rings is 5. The molecule has 0 aliphatic carbocycles. The molecule has 5 aromatic carbocycles. The quantitative estimate of drug-likeness (QED) is 0.238. The van der Waals surface area contributed by atoms with Crippen LogP contribution in [-0.2, 0) is 0 Å². The second-order valence-electron chi connectivity index (χ2n) is 7.90. The van der Waals surface area contributed by atoms with Crippen LogP contribution in [0.4, 0.5) is 0 Å². The van der Waals surface area contributed by atoms with Crippen LogP contribution in [0.15, 0.2) is 102 Å². The van der Waals surface area contributed by atoms with Crippen molar-refractivity contribution in [1.29, 1.82) is 0 Å². The molecule has 3 heteroatoms. The molecule has 0 aliphatic heterocycles. The highest BCUT2D eigenvalue weighted by Gasteiger charge is 2.19. The zero-order valence-electron chi connectivity index (χ0n) is 17.0. The van der Waals surface area contributed by atoms with Gasteiger partial charge in [0.2, 0.25) is 0 Å². The van der Waals surface area contributed by atoms with Gasteiger partial charge in [0, 0.05) is 26.5 Å². The molecule has 0 amide bonds. The highest BCUT2D eigenvalue weighted by atomic mass is 79.9. The molecule has 0 bridgehead atoms. The summed E-state index contributed by atoms with van der Waals surface area (Å²) >= 11 is 3.58. The molecule has 0 radical (unpaired) electrons. The molecular formula is C28H19BrN2. The molecule has 0 atom stereocenters. The van der Waals surface area contributed by atoms with E-state index < -0.39 is 0 Å². The third-order valence-electron chi connectivity index (χ3n) is 5.93. The zero-order valence-corrected chi connectivity index (χ0v) is 18.6.